The highest BCUT2D eigenvalue weighted by Crippen LogP contribution is 2.41. The summed E-state index contributed by atoms with van der Waals surface area (Å²) in [5, 5.41) is 26.3. The van der Waals surface area contributed by atoms with Crippen molar-refractivity contribution in [3.05, 3.63) is 23.3 Å². The Labute approximate surface area is 325 Å². The Kier molecular flexibility index (Phi) is 16.3. The molecule has 3 aliphatic heterocycles. The van der Waals surface area contributed by atoms with E-state index in [0.717, 1.165) is 75.5 Å². The minimum atomic E-state index is -0.606. The van der Waals surface area contributed by atoms with E-state index in [2.05, 4.69) is 36.0 Å². The van der Waals surface area contributed by atoms with Gasteiger partial charge in [0.2, 0.25) is 5.91 Å². The molecule has 5 rings (SSSR count). The van der Waals surface area contributed by atoms with Crippen molar-refractivity contribution in [1.29, 1.82) is 0 Å². The third kappa shape index (κ3) is 12.6. The summed E-state index contributed by atoms with van der Waals surface area (Å²) in [4.78, 5) is 33.0. The monoisotopic (exact) mass is 770 g/mol. The highest BCUT2D eigenvalue weighted by atomic mass is 33.1. The van der Waals surface area contributed by atoms with E-state index in [9.17, 15) is 19.8 Å². The van der Waals surface area contributed by atoms with Gasteiger partial charge in [-0.2, -0.15) is 0 Å². The number of guanidine groups is 1. The van der Waals surface area contributed by atoms with Gasteiger partial charge in [0, 0.05) is 68.5 Å². The topological polar surface area (TPSA) is 147 Å². The normalized spacial score (nSPS) is 28.7. The minimum Gasteiger partial charge on any atom is -0.504 e. The van der Waals surface area contributed by atoms with Crippen LogP contribution in [0.5, 0.6) is 11.5 Å². The lowest BCUT2D eigenvalue weighted by Crippen LogP contribution is -2.42. The van der Waals surface area contributed by atoms with Crippen molar-refractivity contribution >= 4 is 39.4 Å². The molecule has 12 heteroatoms. The zero-order chi connectivity index (χ0) is 37.7. The molecule has 0 aromatic heterocycles. The number of fused-ring (bicyclic) bond motifs is 5. The van der Waals surface area contributed by atoms with Crippen LogP contribution in [0.2, 0.25) is 0 Å². The highest BCUT2D eigenvalue weighted by molar-refractivity contribution is 8.76. The highest BCUT2D eigenvalue weighted by Gasteiger charge is 2.44. The van der Waals surface area contributed by atoms with Crippen molar-refractivity contribution in [2.45, 2.75) is 148 Å². The van der Waals surface area contributed by atoms with E-state index >= 15 is 0 Å². The number of nitrogens with zero attached hydrogens (tertiary/aromatic N) is 2. The Morgan fingerprint density at radius 3 is 2.62 bits per heavy atom. The largest absolute Gasteiger partial charge is 0.504 e. The average Bonchev–Trinajstić information content (AvgIpc) is 3.72. The van der Waals surface area contributed by atoms with Crippen molar-refractivity contribution in [2.24, 2.45) is 34.4 Å². The summed E-state index contributed by atoms with van der Waals surface area (Å²) >= 11 is 0. The predicted molar refractivity (Wildman–Crippen MR) is 214 cm³/mol. The summed E-state index contributed by atoms with van der Waals surface area (Å²) in [6.07, 6.45) is 11.0. The number of hydrogen-bond acceptors (Lipinski definition) is 11. The molecule has 4 aliphatic rings. The summed E-state index contributed by atoms with van der Waals surface area (Å²) in [5.41, 5.74) is 7.84. The number of carbonyl (C=O) groups is 2. The molecule has 1 aromatic rings. The molecule has 4 bridgehead atoms. The maximum atomic E-state index is 14.0. The zero-order valence-corrected chi connectivity index (χ0v) is 33.7. The summed E-state index contributed by atoms with van der Waals surface area (Å²) in [7, 11) is 3.49. The molecular formula is C41H62N4O6S2. The number of benzene rings is 1. The van der Waals surface area contributed by atoms with Crippen LogP contribution in [-0.2, 0) is 27.3 Å². The van der Waals surface area contributed by atoms with Gasteiger partial charge in [-0.05, 0) is 81.3 Å². The first-order valence-corrected chi connectivity index (χ1v) is 22.5. The number of nitrogens with two attached hydrogens (primary N) is 1. The third-order valence-electron chi connectivity index (χ3n) is 11.1. The number of ether oxygens (including phenoxy) is 2. The number of carbonyl (C=O) groups excluding carboxylic acids is 2. The molecule has 3 heterocycles. The molecule has 0 radical (unpaired) electrons. The maximum Gasteiger partial charge on any atom is 0.302 e. The number of nitrogens with one attached hydrogen (secondary N) is 1. The molecule has 1 amide bonds. The second kappa shape index (κ2) is 20.8. The van der Waals surface area contributed by atoms with Gasteiger partial charge in [0.15, 0.2) is 17.5 Å². The predicted octanol–water partition coefficient (Wildman–Crippen LogP) is 6.94. The first-order valence-electron chi connectivity index (χ1n) is 20.0. The smallest absolute Gasteiger partial charge is 0.302 e. The van der Waals surface area contributed by atoms with Gasteiger partial charge in [-0.25, -0.2) is 4.99 Å². The fourth-order valence-electron chi connectivity index (χ4n) is 8.54. The van der Waals surface area contributed by atoms with Gasteiger partial charge in [-0.15, -0.1) is 5.92 Å². The fraction of sp³-hybridized carbons (Fsp3) is 0.732. The van der Waals surface area contributed by atoms with Gasteiger partial charge >= 0.3 is 5.97 Å². The van der Waals surface area contributed by atoms with Crippen molar-refractivity contribution in [1.82, 2.24) is 10.2 Å². The van der Waals surface area contributed by atoms with Crippen LogP contribution in [0.4, 0.5) is 0 Å². The average molecular weight is 771 g/mol. The molecule has 1 aromatic carbocycles. The number of amides is 1. The van der Waals surface area contributed by atoms with Gasteiger partial charge in [0.05, 0.1) is 18.1 Å². The number of phenolic OH excluding ortho intramolecular Hbond substituents is 1. The fourth-order valence-corrected chi connectivity index (χ4v) is 10.3. The Hall–Kier alpha value is -2.75. The molecule has 5 N–H and O–H groups in total. The lowest BCUT2D eigenvalue weighted by Gasteiger charge is -2.34. The Balaban J connectivity index is 1.56. The van der Waals surface area contributed by atoms with Crippen LogP contribution in [-0.4, -0.2) is 75.5 Å². The maximum absolute atomic E-state index is 14.0. The molecule has 6 atom stereocenters. The van der Waals surface area contributed by atoms with Crippen LogP contribution in [0.25, 0.3) is 0 Å². The van der Waals surface area contributed by atoms with E-state index in [-0.39, 0.29) is 54.1 Å². The minimum absolute atomic E-state index is 0.0264. The summed E-state index contributed by atoms with van der Waals surface area (Å²) < 4.78 is 12.5. The molecule has 0 spiro atoms. The van der Waals surface area contributed by atoms with Crippen LogP contribution in [0.1, 0.15) is 122 Å². The molecule has 1 aliphatic carbocycles. The SMILES string of the molecule is CC(=O)OC1CC(O)CCCCCCSSCN=C(N)NCCC2CC(=O)N3Cc4cc(cc(OC5CCCC5)c4O)CC1CC#CC(CC(C)C)C23. The van der Waals surface area contributed by atoms with Crippen LogP contribution in [0.3, 0.4) is 0 Å². The van der Waals surface area contributed by atoms with E-state index in [0.29, 0.717) is 67.7 Å². The number of rotatable bonds is 5. The lowest BCUT2D eigenvalue weighted by atomic mass is 9.81. The molecule has 6 unspecified atom stereocenters. The quantitative estimate of drug-likeness (QED) is 0.141. The molecule has 1 saturated carbocycles. The molecular weight excluding hydrogens is 709 g/mol. The molecule has 294 valence electrons. The van der Waals surface area contributed by atoms with Gasteiger partial charge in [-0.3, -0.25) is 9.59 Å². The summed E-state index contributed by atoms with van der Waals surface area (Å²) in [5.74, 6) is 9.47. The molecule has 2 fully saturated rings. The Morgan fingerprint density at radius 1 is 1.08 bits per heavy atom. The summed E-state index contributed by atoms with van der Waals surface area (Å²) in [6.45, 7) is 6.64. The van der Waals surface area contributed by atoms with E-state index in [1.165, 1.54) is 6.92 Å². The third-order valence-corrected chi connectivity index (χ3v) is 13.3. The Bertz CT molecular complexity index is 1460. The van der Waals surface area contributed by atoms with Crippen LogP contribution >= 0.6 is 21.6 Å². The van der Waals surface area contributed by atoms with Crippen molar-refractivity contribution in [3.8, 4) is 23.3 Å². The Morgan fingerprint density at radius 2 is 1.85 bits per heavy atom. The van der Waals surface area contributed by atoms with Crippen LogP contribution in [0, 0.1) is 35.5 Å². The molecule has 53 heavy (non-hydrogen) atoms. The number of aromatic hydroxyl groups is 1. The lowest BCUT2D eigenvalue weighted by molar-refractivity contribution is -0.150. The second-order valence-corrected chi connectivity index (χ2v) is 18.4. The number of esters is 1. The van der Waals surface area contributed by atoms with Crippen molar-refractivity contribution in [2.75, 3.05) is 18.2 Å². The second-order valence-electron chi connectivity index (χ2n) is 15.9. The number of aliphatic hydroxyl groups is 1. The van der Waals surface area contributed by atoms with Crippen molar-refractivity contribution < 1.29 is 29.3 Å². The number of aliphatic hydroxyl groups excluding tert-OH is 1. The van der Waals surface area contributed by atoms with Crippen LogP contribution in [0.15, 0.2) is 17.1 Å². The standard InChI is InChI=1S/C41H62N4O6S2/c1-27(2)19-31-12-10-11-30-20-29-21-33(40(49)37(22-29)51-35-14-7-8-15-35)25-45-38(48)23-32(39(31)45)16-17-43-41(42)44-26-53-52-18-9-5-4-6-13-34(47)24-36(30)50-28(3)46/h21-22,27,30-32,34-36,39,47,49H,4-9,11,13-20,23-26H2,1-3H3,(H3,42,43,44). The van der Waals surface area contributed by atoms with Gasteiger partial charge in [0.1, 0.15) is 6.10 Å². The number of phenols is 1. The van der Waals surface area contributed by atoms with Gasteiger partial charge < -0.3 is 35.6 Å². The molecule has 10 nitrogen and oxygen atoms in total. The van der Waals surface area contributed by atoms with Crippen LogP contribution < -0.4 is 15.8 Å². The van der Waals surface area contributed by atoms with E-state index < -0.39 is 12.2 Å². The van der Waals surface area contributed by atoms with Crippen molar-refractivity contribution in [3.63, 3.8) is 0 Å². The van der Waals surface area contributed by atoms with Gasteiger partial charge in [-0.1, -0.05) is 66.7 Å². The van der Waals surface area contributed by atoms with E-state index in [1.807, 2.05) is 17.0 Å². The van der Waals surface area contributed by atoms with E-state index in [1.54, 1.807) is 21.6 Å². The first-order chi connectivity index (χ1) is 25.6. The number of aliphatic imine (C=N–C) groups is 1. The first kappa shape index (κ1) is 41.4. The number of hydrogen-bond donors (Lipinski definition) is 4. The zero-order valence-electron chi connectivity index (χ0n) is 32.0. The van der Waals surface area contributed by atoms with Gasteiger partial charge in [0.25, 0.3) is 0 Å². The summed E-state index contributed by atoms with van der Waals surface area (Å²) in [6, 6.07) is 3.75. The van der Waals surface area contributed by atoms with E-state index in [4.69, 9.17) is 15.2 Å². The molecule has 1 saturated heterocycles.